The molecule has 0 saturated heterocycles. The van der Waals surface area contributed by atoms with Crippen molar-refractivity contribution in [1.29, 1.82) is 0 Å². The van der Waals surface area contributed by atoms with Crippen LogP contribution in [-0.4, -0.2) is 0 Å². The Morgan fingerprint density at radius 2 is 1.75 bits per heavy atom. The molecule has 1 aliphatic rings. The summed E-state index contributed by atoms with van der Waals surface area (Å²) in [5, 5.41) is 0. The lowest BCUT2D eigenvalue weighted by atomic mass is 9.77. The van der Waals surface area contributed by atoms with Crippen LogP contribution in [0.25, 0.3) is 11.1 Å². The number of benzene rings is 2. The van der Waals surface area contributed by atoms with Crippen molar-refractivity contribution >= 4 is 0 Å². The second kappa shape index (κ2) is 5.80. The third kappa shape index (κ3) is 2.51. The molecule has 0 bridgehead atoms. The fraction of sp³-hybridized carbons (Fsp3) is 0.368. The lowest BCUT2D eigenvalue weighted by molar-refractivity contribution is 0.420. The molecule has 0 spiro atoms. The van der Waals surface area contributed by atoms with Crippen molar-refractivity contribution in [2.24, 2.45) is 5.73 Å². The van der Waals surface area contributed by atoms with Gasteiger partial charge in [0.1, 0.15) is 0 Å². The minimum absolute atomic E-state index is 0.158. The van der Waals surface area contributed by atoms with E-state index in [4.69, 9.17) is 5.73 Å². The molecule has 1 fully saturated rings. The Hall–Kier alpha value is -1.60. The molecule has 1 atom stereocenters. The largest absolute Gasteiger partial charge is 0.324 e. The zero-order valence-corrected chi connectivity index (χ0v) is 12.2. The van der Waals surface area contributed by atoms with E-state index >= 15 is 0 Å². The van der Waals surface area contributed by atoms with Crippen LogP contribution < -0.4 is 5.73 Å². The zero-order chi connectivity index (χ0) is 13.9. The average Bonchev–Trinajstić information content (AvgIpc) is 2.45. The summed E-state index contributed by atoms with van der Waals surface area (Å²) in [7, 11) is 0. The highest BCUT2D eigenvalue weighted by Gasteiger charge is 2.22. The Morgan fingerprint density at radius 3 is 2.35 bits per heavy atom. The second-order valence-electron chi connectivity index (χ2n) is 5.85. The number of hydrogen-bond donors (Lipinski definition) is 1. The standard InChI is InChI=1S/C19H23N/c1-2-19(20)16-12-10-15(11-13-16)18-9-4-3-8-17(18)14-6-5-7-14/h3-4,8-14,19H,2,5-7,20H2,1H3. The van der Waals surface area contributed by atoms with Gasteiger partial charge in [0.15, 0.2) is 0 Å². The van der Waals surface area contributed by atoms with Gasteiger partial charge in [-0.3, -0.25) is 0 Å². The van der Waals surface area contributed by atoms with E-state index in [1.165, 1.54) is 41.5 Å². The van der Waals surface area contributed by atoms with Gasteiger partial charge in [0.25, 0.3) is 0 Å². The van der Waals surface area contributed by atoms with E-state index in [1.807, 2.05) is 0 Å². The topological polar surface area (TPSA) is 26.0 Å². The Labute approximate surface area is 121 Å². The molecule has 1 unspecified atom stereocenters. The highest BCUT2D eigenvalue weighted by Crippen LogP contribution is 2.41. The molecule has 2 N–H and O–H groups in total. The third-order valence-corrected chi connectivity index (χ3v) is 4.60. The van der Waals surface area contributed by atoms with Crippen LogP contribution in [0.2, 0.25) is 0 Å². The van der Waals surface area contributed by atoms with Crippen LogP contribution in [0, 0.1) is 0 Å². The van der Waals surface area contributed by atoms with Gasteiger partial charge in [0.05, 0.1) is 0 Å². The maximum absolute atomic E-state index is 6.09. The quantitative estimate of drug-likeness (QED) is 0.824. The maximum atomic E-state index is 6.09. The van der Waals surface area contributed by atoms with Gasteiger partial charge in [0.2, 0.25) is 0 Å². The molecule has 2 aromatic carbocycles. The first-order valence-corrected chi connectivity index (χ1v) is 7.74. The zero-order valence-electron chi connectivity index (χ0n) is 12.2. The average molecular weight is 265 g/mol. The van der Waals surface area contributed by atoms with Crippen LogP contribution in [0.15, 0.2) is 48.5 Å². The van der Waals surface area contributed by atoms with E-state index in [0.29, 0.717) is 0 Å². The molecule has 0 aliphatic heterocycles. The molecule has 2 aromatic rings. The van der Waals surface area contributed by atoms with Crippen LogP contribution in [-0.2, 0) is 0 Å². The van der Waals surface area contributed by atoms with E-state index < -0.39 is 0 Å². The van der Waals surface area contributed by atoms with Gasteiger partial charge in [-0.15, -0.1) is 0 Å². The summed E-state index contributed by atoms with van der Waals surface area (Å²) in [6.07, 6.45) is 5.05. The first-order chi connectivity index (χ1) is 9.79. The van der Waals surface area contributed by atoms with Crippen molar-refractivity contribution < 1.29 is 0 Å². The van der Waals surface area contributed by atoms with E-state index in [9.17, 15) is 0 Å². The molecule has 1 nitrogen and oxygen atoms in total. The maximum Gasteiger partial charge on any atom is 0.0292 e. The summed E-state index contributed by atoms with van der Waals surface area (Å²) in [5.74, 6) is 0.767. The molecule has 0 radical (unpaired) electrons. The molecular weight excluding hydrogens is 242 g/mol. The molecule has 20 heavy (non-hydrogen) atoms. The van der Waals surface area contributed by atoms with Crippen LogP contribution >= 0.6 is 0 Å². The van der Waals surface area contributed by atoms with Crippen molar-refractivity contribution in [2.75, 3.05) is 0 Å². The minimum atomic E-state index is 0.158. The van der Waals surface area contributed by atoms with Gasteiger partial charge in [-0.2, -0.15) is 0 Å². The van der Waals surface area contributed by atoms with Crippen LogP contribution in [0.4, 0.5) is 0 Å². The molecule has 1 aliphatic carbocycles. The smallest absolute Gasteiger partial charge is 0.0292 e. The summed E-state index contributed by atoms with van der Waals surface area (Å²) >= 11 is 0. The number of nitrogens with two attached hydrogens (primary N) is 1. The van der Waals surface area contributed by atoms with Gasteiger partial charge in [0, 0.05) is 6.04 Å². The van der Waals surface area contributed by atoms with Crippen molar-refractivity contribution in [1.82, 2.24) is 0 Å². The summed E-state index contributed by atoms with van der Waals surface area (Å²) in [4.78, 5) is 0. The molecule has 0 heterocycles. The van der Waals surface area contributed by atoms with Gasteiger partial charge in [-0.05, 0) is 47.4 Å². The summed E-state index contributed by atoms with van der Waals surface area (Å²) in [6.45, 7) is 2.13. The van der Waals surface area contributed by atoms with Crippen molar-refractivity contribution in [3.8, 4) is 11.1 Å². The summed E-state index contributed by atoms with van der Waals surface area (Å²) in [6, 6.07) is 17.8. The Balaban J connectivity index is 1.92. The van der Waals surface area contributed by atoms with Crippen molar-refractivity contribution in [3.63, 3.8) is 0 Å². The first-order valence-electron chi connectivity index (χ1n) is 7.74. The fourth-order valence-corrected chi connectivity index (χ4v) is 2.98. The van der Waals surface area contributed by atoms with Crippen molar-refractivity contribution in [2.45, 2.75) is 44.6 Å². The van der Waals surface area contributed by atoms with Gasteiger partial charge in [-0.25, -0.2) is 0 Å². The lowest BCUT2D eigenvalue weighted by Crippen LogP contribution is -2.10. The predicted octanol–water partition coefficient (Wildman–Crippen LogP) is 5.03. The molecule has 1 heteroatoms. The van der Waals surface area contributed by atoms with E-state index in [2.05, 4.69) is 55.5 Å². The minimum Gasteiger partial charge on any atom is -0.324 e. The van der Waals surface area contributed by atoms with Crippen LogP contribution in [0.1, 0.15) is 55.7 Å². The second-order valence-corrected chi connectivity index (χ2v) is 5.85. The SMILES string of the molecule is CCC(N)c1ccc(-c2ccccc2C2CCC2)cc1. The molecule has 1 saturated carbocycles. The molecule has 0 amide bonds. The van der Waals surface area contributed by atoms with Gasteiger partial charge in [-0.1, -0.05) is 61.9 Å². The summed E-state index contributed by atoms with van der Waals surface area (Å²) < 4.78 is 0. The van der Waals surface area contributed by atoms with Gasteiger partial charge >= 0.3 is 0 Å². The van der Waals surface area contributed by atoms with Crippen LogP contribution in [0.3, 0.4) is 0 Å². The summed E-state index contributed by atoms with van der Waals surface area (Å²) in [5.41, 5.74) is 11.6. The van der Waals surface area contributed by atoms with E-state index in [-0.39, 0.29) is 6.04 Å². The molecule has 104 valence electrons. The Bertz CT molecular complexity index is 567. The van der Waals surface area contributed by atoms with E-state index in [0.717, 1.165) is 12.3 Å². The fourth-order valence-electron chi connectivity index (χ4n) is 2.98. The van der Waals surface area contributed by atoms with Crippen LogP contribution in [0.5, 0.6) is 0 Å². The molecular formula is C19H23N. The van der Waals surface area contributed by atoms with Crippen molar-refractivity contribution in [3.05, 3.63) is 59.7 Å². The molecule has 3 rings (SSSR count). The number of rotatable bonds is 4. The van der Waals surface area contributed by atoms with E-state index in [1.54, 1.807) is 0 Å². The predicted molar refractivity (Wildman–Crippen MR) is 85.7 cm³/mol. The highest BCUT2D eigenvalue weighted by atomic mass is 14.6. The molecule has 0 aromatic heterocycles. The first kappa shape index (κ1) is 13.4. The monoisotopic (exact) mass is 265 g/mol. The lowest BCUT2D eigenvalue weighted by Gasteiger charge is -2.28. The highest BCUT2D eigenvalue weighted by molar-refractivity contribution is 5.68. The third-order valence-electron chi connectivity index (χ3n) is 4.60. The normalized spacial score (nSPS) is 16.7. The Morgan fingerprint density at radius 1 is 1.05 bits per heavy atom. The van der Waals surface area contributed by atoms with Gasteiger partial charge < -0.3 is 5.73 Å². The number of hydrogen-bond acceptors (Lipinski definition) is 1. The Kier molecular flexibility index (Phi) is 3.88.